The van der Waals surface area contributed by atoms with Crippen LogP contribution >= 0.6 is 23.4 Å². The van der Waals surface area contributed by atoms with Crippen molar-refractivity contribution in [2.45, 2.75) is 0 Å². The SMILES string of the molecule is O=C1S/C(=C/c2ccc(-c3ccccc3Cl)o2)C(=O)N1CN(CCO)CCO. The molecule has 0 atom stereocenters. The first-order valence-corrected chi connectivity index (χ1v) is 9.77. The minimum Gasteiger partial charge on any atom is -0.457 e. The highest BCUT2D eigenvalue weighted by Gasteiger charge is 2.36. The van der Waals surface area contributed by atoms with Gasteiger partial charge in [0.25, 0.3) is 11.1 Å². The number of hydrogen-bond acceptors (Lipinski definition) is 7. The van der Waals surface area contributed by atoms with Crippen molar-refractivity contribution in [1.29, 1.82) is 0 Å². The number of carbonyl (C=O) groups excluding carboxylic acids is 2. The third-order valence-corrected chi connectivity index (χ3v) is 5.32. The highest BCUT2D eigenvalue weighted by atomic mass is 35.5. The first-order chi connectivity index (χ1) is 13.5. The van der Waals surface area contributed by atoms with E-state index in [4.69, 9.17) is 26.2 Å². The lowest BCUT2D eigenvalue weighted by molar-refractivity contribution is -0.124. The third kappa shape index (κ3) is 4.65. The predicted octanol–water partition coefficient (Wildman–Crippen LogP) is 2.88. The van der Waals surface area contributed by atoms with Gasteiger partial charge in [-0.25, -0.2) is 0 Å². The number of benzene rings is 1. The molecule has 7 nitrogen and oxygen atoms in total. The molecule has 1 saturated heterocycles. The summed E-state index contributed by atoms with van der Waals surface area (Å²) in [5.74, 6) is 0.558. The number of aliphatic hydroxyl groups is 2. The van der Waals surface area contributed by atoms with E-state index in [2.05, 4.69) is 0 Å². The van der Waals surface area contributed by atoms with Gasteiger partial charge in [-0.15, -0.1) is 0 Å². The quantitative estimate of drug-likeness (QED) is 0.631. The molecule has 9 heteroatoms. The van der Waals surface area contributed by atoms with Gasteiger partial charge in [0.2, 0.25) is 0 Å². The molecular formula is C19H19ClN2O5S. The molecular weight excluding hydrogens is 404 g/mol. The van der Waals surface area contributed by atoms with Crippen LogP contribution in [0.4, 0.5) is 4.79 Å². The summed E-state index contributed by atoms with van der Waals surface area (Å²) in [6.07, 6.45) is 1.52. The zero-order chi connectivity index (χ0) is 20.1. The van der Waals surface area contributed by atoms with Crippen LogP contribution in [-0.4, -0.2) is 64.1 Å². The minimum absolute atomic E-state index is 0.00611. The average Bonchev–Trinajstić information content (AvgIpc) is 3.23. The van der Waals surface area contributed by atoms with Crippen LogP contribution in [0.1, 0.15) is 5.76 Å². The van der Waals surface area contributed by atoms with E-state index >= 15 is 0 Å². The van der Waals surface area contributed by atoms with Crippen molar-refractivity contribution in [3.05, 3.63) is 52.1 Å². The first-order valence-electron chi connectivity index (χ1n) is 8.57. The van der Waals surface area contributed by atoms with Crippen LogP contribution in [-0.2, 0) is 4.79 Å². The highest BCUT2D eigenvalue weighted by molar-refractivity contribution is 8.18. The molecule has 3 rings (SSSR count). The number of nitrogens with zero attached hydrogens (tertiary/aromatic N) is 2. The summed E-state index contributed by atoms with van der Waals surface area (Å²) in [5, 5.41) is 18.3. The highest BCUT2D eigenvalue weighted by Crippen LogP contribution is 2.34. The lowest BCUT2D eigenvalue weighted by Crippen LogP contribution is -2.42. The van der Waals surface area contributed by atoms with Gasteiger partial charge in [0.15, 0.2) is 0 Å². The molecule has 1 aliphatic heterocycles. The Hall–Kier alpha value is -2.10. The van der Waals surface area contributed by atoms with Crippen LogP contribution < -0.4 is 0 Å². The van der Waals surface area contributed by atoms with Crippen molar-refractivity contribution in [3.63, 3.8) is 0 Å². The number of thioether (sulfide) groups is 1. The molecule has 148 valence electrons. The maximum Gasteiger partial charge on any atom is 0.294 e. The van der Waals surface area contributed by atoms with Gasteiger partial charge in [0.05, 0.1) is 29.8 Å². The van der Waals surface area contributed by atoms with Gasteiger partial charge >= 0.3 is 0 Å². The Kier molecular flexibility index (Phi) is 6.93. The van der Waals surface area contributed by atoms with Crippen molar-refractivity contribution in [1.82, 2.24) is 9.80 Å². The van der Waals surface area contributed by atoms with Crippen LogP contribution in [0.2, 0.25) is 5.02 Å². The standard InChI is InChI=1S/C19H19ClN2O5S/c20-15-4-2-1-3-14(15)16-6-5-13(27-16)11-17-18(25)22(19(26)28-17)12-21(7-9-23)8-10-24/h1-6,11,23-24H,7-10,12H2/b17-11+. The van der Waals surface area contributed by atoms with Gasteiger partial charge in [0.1, 0.15) is 11.5 Å². The molecule has 0 radical (unpaired) electrons. The minimum atomic E-state index is -0.438. The number of carbonyl (C=O) groups is 2. The molecule has 0 bridgehead atoms. The second kappa shape index (κ2) is 9.40. The predicted molar refractivity (Wildman–Crippen MR) is 108 cm³/mol. The van der Waals surface area contributed by atoms with E-state index in [-0.39, 0.29) is 37.9 Å². The summed E-state index contributed by atoms with van der Waals surface area (Å²) in [4.78, 5) is 27.8. The van der Waals surface area contributed by atoms with Crippen LogP contribution in [0.25, 0.3) is 17.4 Å². The zero-order valence-corrected chi connectivity index (χ0v) is 16.4. The van der Waals surface area contributed by atoms with E-state index < -0.39 is 11.1 Å². The number of halogens is 1. The van der Waals surface area contributed by atoms with E-state index in [9.17, 15) is 9.59 Å². The van der Waals surface area contributed by atoms with Crippen molar-refractivity contribution in [3.8, 4) is 11.3 Å². The number of imide groups is 1. The molecule has 1 aliphatic rings. The van der Waals surface area contributed by atoms with Gasteiger partial charge in [-0.2, -0.15) is 0 Å². The van der Waals surface area contributed by atoms with Gasteiger partial charge in [-0.3, -0.25) is 19.4 Å². The number of furan rings is 1. The Morgan fingerprint density at radius 3 is 2.50 bits per heavy atom. The lowest BCUT2D eigenvalue weighted by Gasteiger charge is -2.24. The Morgan fingerprint density at radius 2 is 1.82 bits per heavy atom. The molecule has 1 fully saturated rings. The number of hydrogen-bond donors (Lipinski definition) is 2. The zero-order valence-electron chi connectivity index (χ0n) is 14.9. The molecule has 0 spiro atoms. The summed E-state index contributed by atoms with van der Waals surface area (Å²) in [7, 11) is 0. The van der Waals surface area contributed by atoms with Crippen LogP contribution in [0.5, 0.6) is 0 Å². The molecule has 2 aromatic rings. The van der Waals surface area contributed by atoms with Gasteiger partial charge in [-0.05, 0) is 36.0 Å². The van der Waals surface area contributed by atoms with Crippen molar-refractivity contribution in [2.24, 2.45) is 0 Å². The maximum absolute atomic E-state index is 12.6. The topological polar surface area (TPSA) is 94.2 Å². The Balaban J connectivity index is 1.76. The Morgan fingerprint density at radius 1 is 1.11 bits per heavy atom. The third-order valence-electron chi connectivity index (χ3n) is 4.09. The number of amides is 2. The fourth-order valence-electron chi connectivity index (χ4n) is 2.72. The average molecular weight is 423 g/mol. The molecule has 0 aliphatic carbocycles. The molecule has 28 heavy (non-hydrogen) atoms. The number of rotatable bonds is 8. The number of aliphatic hydroxyl groups excluding tert-OH is 2. The van der Waals surface area contributed by atoms with E-state index in [0.717, 1.165) is 22.2 Å². The summed E-state index contributed by atoms with van der Waals surface area (Å²) in [5.41, 5.74) is 0.737. The van der Waals surface area contributed by atoms with Gasteiger partial charge < -0.3 is 14.6 Å². The van der Waals surface area contributed by atoms with E-state index in [1.54, 1.807) is 23.1 Å². The van der Waals surface area contributed by atoms with Crippen molar-refractivity contribution in [2.75, 3.05) is 33.0 Å². The Bertz CT molecular complexity index is 892. The smallest absolute Gasteiger partial charge is 0.294 e. The van der Waals surface area contributed by atoms with Crippen LogP contribution in [0.15, 0.2) is 45.7 Å². The molecule has 2 N–H and O–H groups in total. The normalized spacial score (nSPS) is 16.0. The summed E-state index contributed by atoms with van der Waals surface area (Å²) < 4.78 is 5.76. The van der Waals surface area contributed by atoms with E-state index in [1.165, 1.54) is 6.08 Å². The molecule has 0 saturated carbocycles. The summed E-state index contributed by atoms with van der Waals surface area (Å²) >= 11 is 7.00. The second-order valence-corrected chi connectivity index (χ2v) is 7.40. The lowest BCUT2D eigenvalue weighted by atomic mass is 10.2. The fourth-order valence-corrected chi connectivity index (χ4v) is 3.76. The molecule has 2 amide bonds. The van der Waals surface area contributed by atoms with Crippen LogP contribution in [0, 0.1) is 0 Å². The summed E-state index contributed by atoms with van der Waals surface area (Å²) in [6, 6.07) is 10.7. The molecule has 2 heterocycles. The largest absolute Gasteiger partial charge is 0.457 e. The Labute approximate surface area is 171 Å². The van der Waals surface area contributed by atoms with E-state index in [0.29, 0.717) is 16.5 Å². The molecule has 0 unspecified atom stereocenters. The van der Waals surface area contributed by atoms with Crippen LogP contribution in [0.3, 0.4) is 0 Å². The summed E-state index contributed by atoms with van der Waals surface area (Å²) in [6.45, 7) is 0.236. The van der Waals surface area contributed by atoms with Crippen molar-refractivity contribution < 1.29 is 24.2 Å². The second-order valence-electron chi connectivity index (χ2n) is 6.00. The molecule has 1 aromatic heterocycles. The maximum atomic E-state index is 12.6. The van der Waals surface area contributed by atoms with Crippen molar-refractivity contribution >= 4 is 40.6 Å². The van der Waals surface area contributed by atoms with Gasteiger partial charge in [-0.1, -0.05) is 23.7 Å². The van der Waals surface area contributed by atoms with E-state index in [1.807, 2.05) is 18.2 Å². The first kappa shape index (κ1) is 20.6. The molecule has 1 aromatic carbocycles. The fraction of sp³-hybridized carbons (Fsp3) is 0.263. The monoisotopic (exact) mass is 422 g/mol. The van der Waals surface area contributed by atoms with Gasteiger partial charge in [0, 0.05) is 24.7 Å².